The molecule has 1 aliphatic heterocycles. The summed E-state index contributed by atoms with van der Waals surface area (Å²) in [7, 11) is 0. The average molecular weight is 327 g/mol. The Morgan fingerprint density at radius 1 is 1.17 bits per heavy atom. The zero-order chi connectivity index (χ0) is 16.4. The number of anilines is 1. The SMILES string of the molecule is O=C1CN(c2ccc(C(F)(F)F)cn2)CCN1CC1CCCC1. The smallest absolute Gasteiger partial charge is 0.346 e. The second-order valence-corrected chi connectivity index (χ2v) is 6.31. The van der Waals surface area contributed by atoms with Crippen LogP contribution in [0.2, 0.25) is 0 Å². The van der Waals surface area contributed by atoms with Gasteiger partial charge in [-0.1, -0.05) is 12.8 Å². The number of halogens is 3. The van der Waals surface area contributed by atoms with E-state index in [9.17, 15) is 18.0 Å². The molecule has 1 amide bonds. The molecule has 3 rings (SSSR count). The molecule has 1 saturated heterocycles. The fraction of sp³-hybridized carbons (Fsp3) is 0.625. The minimum atomic E-state index is -4.39. The quantitative estimate of drug-likeness (QED) is 0.856. The van der Waals surface area contributed by atoms with E-state index in [0.29, 0.717) is 24.8 Å². The molecule has 0 N–H and O–H groups in total. The molecule has 2 heterocycles. The number of aromatic nitrogens is 1. The molecule has 0 spiro atoms. The molecule has 0 atom stereocenters. The fourth-order valence-corrected chi connectivity index (χ4v) is 3.34. The second-order valence-electron chi connectivity index (χ2n) is 6.31. The maximum atomic E-state index is 12.6. The lowest BCUT2D eigenvalue weighted by atomic mass is 10.1. The number of amides is 1. The van der Waals surface area contributed by atoms with Crippen molar-refractivity contribution in [2.75, 3.05) is 31.1 Å². The van der Waals surface area contributed by atoms with E-state index in [4.69, 9.17) is 0 Å². The highest BCUT2D eigenvalue weighted by atomic mass is 19.4. The molecule has 7 heteroatoms. The first-order valence-electron chi connectivity index (χ1n) is 7.99. The number of rotatable bonds is 3. The summed E-state index contributed by atoms with van der Waals surface area (Å²) in [5.74, 6) is 1.06. The number of pyridine rings is 1. The molecule has 23 heavy (non-hydrogen) atoms. The number of hydrogen-bond donors (Lipinski definition) is 0. The van der Waals surface area contributed by atoms with Crippen LogP contribution < -0.4 is 4.90 Å². The van der Waals surface area contributed by atoms with Crippen LogP contribution in [-0.2, 0) is 11.0 Å². The summed E-state index contributed by atoms with van der Waals surface area (Å²) >= 11 is 0. The van der Waals surface area contributed by atoms with Crippen molar-refractivity contribution in [2.24, 2.45) is 5.92 Å². The van der Waals surface area contributed by atoms with E-state index in [0.717, 1.165) is 18.8 Å². The highest BCUT2D eigenvalue weighted by Crippen LogP contribution is 2.30. The van der Waals surface area contributed by atoms with E-state index in [1.807, 2.05) is 4.90 Å². The topological polar surface area (TPSA) is 36.4 Å². The zero-order valence-electron chi connectivity index (χ0n) is 12.9. The highest BCUT2D eigenvalue weighted by molar-refractivity contribution is 5.82. The van der Waals surface area contributed by atoms with Gasteiger partial charge in [-0.25, -0.2) is 4.98 Å². The Labute approximate surface area is 133 Å². The molecule has 2 aliphatic rings. The molecule has 0 unspecified atom stereocenters. The lowest BCUT2D eigenvalue weighted by Gasteiger charge is -2.36. The molecule has 1 aromatic heterocycles. The first-order chi connectivity index (χ1) is 10.9. The Morgan fingerprint density at radius 2 is 1.91 bits per heavy atom. The average Bonchev–Trinajstić information content (AvgIpc) is 3.02. The molecular formula is C16H20F3N3O. The van der Waals surface area contributed by atoms with Gasteiger partial charge in [0.2, 0.25) is 5.91 Å². The molecule has 126 valence electrons. The van der Waals surface area contributed by atoms with Crippen LogP contribution in [0.15, 0.2) is 18.3 Å². The van der Waals surface area contributed by atoms with E-state index in [-0.39, 0.29) is 12.5 Å². The van der Waals surface area contributed by atoms with Gasteiger partial charge in [-0.05, 0) is 30.9 Å². The minimum Gasteiger partial charge on any atom is -0.346 e. The van der Waals surface area contributed by atoms with Crippen LogP contribution >= 0.6 is 0 Å². The van der Waals surface area contributed by atoms with Crippen molar-refractivity contribution < 1.29 is 18.0 Å². The Morgan fingerprint density at radius 3 is 2.48 bits per heavy atom. The Hall–Kier alpha value is -1.79. The van der Waals surface area contributed by atoms with Crippen molar-refractivity contribution in [3.8, 4) is 0 Å². The maximum Gasteiger partial charge on any atom is 0.417 e. The van der Waals surface area contributed by atoms with Crippen molar-refractivity contribution in [3.05, 3.63) is 23.9 Å². The van der Waals surface area contributed by atoms with Crippen LogP contribution in [0.3, 0.4) is 0 Å². The van der Waals surface area contributed by atoms with Gasteiger partial charge >= 0.3 is 6.18 Å². The van der Waals surface area contributed by atoms with Crippen LogP contribution in [-0.4, -0.2) is 42.0 Å². The lowest BCUT2D eigenvalue weighted by molar-refractivity contribution is -0.138. The van der Waals surface area contributed by atoms with Gasteiger partial charge in [0.05, 0.1) is 12.1 Å². The molecule has 1 aromatic rings. The van der Waals surface area contributed by atoms with Gasteiger partial charge < -0.3 is 9.80 Å². The standard InChI is InChI=1S/C16H20F3N3O/c17-16(18,19)13-5-6-14(20-9-13)21-7-8-22(15(23)11-21)10-12-3-1-2-4-12/h5-6,9,12H,1-4,7-8,10-11H2. The van der Waals surface area contributed by atoms with E-state index < -0.39 is 11.7 Å². The lowest BCUT2D eigenvalue weighted by Crippen LogP contribution is -2.51. The summed E-state index contributed by atoms with van der Waals surface area (Å²) in [6.07, 6.45) is 1.30. The Kier molecular flexibility index (Phi) is 4.46. The predicted molar refractivity (Wildman–Crippen MR) is 80.0 cm³/mol. The third-order valence-corrected chi connectivity index (χ3v) is 4.67. The van der Waals surface area contributed by atoms with E-state index >= 15 is 0 Å². The third kappa shape index (κ3) is 3.76. The number of carbonyl (C=O) groups excluding carboxylic acids is 1. The second kappa shape index (κ2) is 6.37. The molecular weight excluding hydrogens is 307 g/mol. The van der Waals surface area contributed by atoms with E-state index in [2.05, 4.69) is 4.98 Å². The van der Waals surface area contributed by atoms with Crippen molar-refractivity contribution in [3.63, 3.8) is 0 Å². The predicted octanol–water partition coefficient (Wildman–Crippen LogP) is 2.94. The molecule has 1 aliphatic carbocycles. The van der Waals surface area contributed by atoms with Crippen LogP contribution in [0.4, 0.5) is 19.0 Å². The number of piperazine rings is 1. The van der Waals surface area contributed by atoms with Gasteiger partial charge in [0.15, 0.2) is 0 Å². The Bertz CT molecular complexity index is 553. The molecule has 4 nitrogen and oxygen atoms in total. The Balaban J connectivity index is 1.59. The van der Waals surface area contributed by atoms with Crippen molar-refractivity contribution in [1.29, 1.82) is 0 Å². The van der Waals surface area contributed by atoms with E-state index in [1.165, 1.54) is 31.7 Å². The van der Waals surface area contributed by atoms with E-state index in [1.54, 1.807) is 4.90 Å². The number of alkyl halides is 3. The first-order valence-corrected chi connectivity index (χ1v) is 7.99. The van der Waals surface area contributed by atoms with Crippen LogP contribution in [0.5, 0.6) is 0 Å². The summed E-state index contributed by atoms with van der Waals surface area (Å²) in [4.78, 5) is 19.8. The van der Waals surface area contributed by atoms with Crippen molar-refractivity contribution >= 4 is 11.7 Å². The van der Waals surface area contributed by atoms with Gasteiger partial charge in [0.1, 0.15) is 5.82 Å². The number of nitrogens with zero attached hydrogens (tertiary/aromatic N) is 3. The summed E-state index contributed by atoms with van der Waals surface area (Å²) in [5.41, 5.74) is -0.771. The molecule has 2 fully saturated rings. The maximum absolute atomic E-state index is 12.6. The number of hydrogen-bond acceptors (Lipinski definition) is 3. The first kappa shape index (κ1) is 16.1. The third-order valence-electron chi connectivity index (χ3n) is 4.67. The normalized spacial score (nSPS) is 20.4. The monoisotopic (exact) mass is 327 g/mol. The van der Waals surface area contributed by atoms with Gasteiger partial charge in [0.25, 0.3) is 0 Å². The highest BCUT2D eigenvalue weighted by Gasteiger charge is 2.32. The molecule has 0 radical (unpaired) electrons. The van der Waals surface area contributed by atoms with Gasteiger partial charge in [0, 0.05) is 25.8 Å². The van der Waals surface area contributed by atoms with Gasteiger partial charge in [-0.2, -0.15) is 13.2 Å². The van der Waals surface area contributed by atoms with Crippen LogP contribution in [0.1, 0.15) is 31.2 Å². The van der Waals surface area contributed by atoms with Crippen molar-refractivity contribution in [2.45, 2.75) is 31.9 Å². The number of carbonyl (C=O) groups is 1. The van der Waals surface area contributed by atoms with Crippen molar-refractivity contribution in [1.82, 2.24) is 9.88 Å². The molecule has 0 aromatic carbocycles. The van der Waals surface area contributed by atoms with Crippen LogP contribution in [0, 0.1) is 5.92 Å². The largest absolute Gasteiger partial charge is 0.417 e. The minimum absolute atomic E-state index is 0.0323. The van der Waals surface area contributed by atoms with Gasteiger partial charge in [-0.15, -0.1) is 0 Å². The fourth-order valence-electron chi connectivity index (χ4n) is 3.34. The summed E-state index contributed by atoms with van der Waals surface area (Å²) in [5, 5.41) is 0. The molecule has 1 saturated carbocycles. The summed E-state index contributed by atoms with van der Waals surface area (Å²) < 4.78 is 37.7. The molecule has 0 bridgehead atoms. The van der Waals surface area contributed by atoms with Crippen LogP contribution in [0.25, 0.3) is 0 Å². The van der Waals surface area contributed by atoms with Gasteiger partial charge in [-0.3, -0.25) is 4.79 Å². The zero-order valence-corrected chi connectivity index (χ0v) is 12.9. The summed E-state index contributed by atoms with van der Waals surface area (Å²) in [6, 6.07) is 2.35. The summed E-state index contributed by atoms with van der Waals surface area (Å²) in [6.45, 7) is 2.22.